The van der Waals surface area contributed by atoms with E-state index in [1.54, 1.807) is 0 Å². The van der Waals surface area contributed by atoms with E-state index in [0.717, 1.165) is 12.5 Å². The van der Waals surface area contributed by atoms with Crippen molar-refractivity contribution in [2.24, 2.45) is 0 Å². The molecule has 0 aliphatic rings. The SMILES string of the molecule is CS(=O)(=O)c1ncc2c(=O)c(C(=O)O)n[nH]c2n1. The van der Waals surface area contributed by atoms with E-state index in [1.807, 2.05) is 0 Å². The Morgan fingerprint density at radius 1 is 1.44 bits per heavy atom. The molecule has 2 aromatic rings. The molecule has 0 unspecified atom stereocenters. The summed E-state index contributed by atoms with van der Waals surface area (Å²) in [6.45, 7) is 0. The molecule has 0 spiro atoms. The van der Waals surface area contributed by atoms with Gasteiger partial charge in [-0.2, -0.15) is 10.1 Å². The zero-order valence-electron chi connectivity index (χ0n) is 8.91. The highest BCUT2D eigenvalue weighted by Crippen LogP contribution is 2.06. The van der Waals surface area contributed by atoms with Crippen molar-refractivity contribution in [1.29, 1.82) is 0 Å². The third-order valence-corrected chi connectivity index (χ3v) is 2.89. The number of rotatable bonds is 2. The third kappa shape index (κ3) is 1.93. The Labute approximate surface area is 99.4 Å². The number of hydrogen-bond acceptors (Lipinski definition) is 7. The highest BCUT2D eigenvalue weighted by atomic mass is 32.2. The predicted molar refractivity (Wildman–Crippen MR) is 58.0 cm³/mol. The summed E-state index contributed by atoms with van der Waals surface area (Å²) in [5.41, 5.74) is -1.73. The van der Waals surface area contributed by atoms with Gasteiger partial charge in [-0.3, -0.25) is 9.89 Å². The molecule has 94 valence electrons. The van der Waals surface area contributed by atoms with Crippen LogP contribution in [0.2, 0.25) is 0 Å². The van der Waals surface area contributed by atoms with Gasteiger partial charge in [0.1, 0.15) is 0 Å². The number of nitrogens with zero attached hydrogens (tertiary/aromatic N) is 3. The van der Waals surface area contributed by atoms with Gasteiger partial charge in [-0.25, -0.2) is 18.2 Å². The minimum absolute atomic E-state index is 0.138. The van der Waals surface area contributed by atoms with Crippen molar-refractivity contribution < 1.29 is 18.3 Å². The largest absolute Gasteiger partial charge is 0.476 e. The van der Waals surface area contributed by atoms with E-state index in [2.05, 4.69) is 20.2 Å². The van der Waals surface area contributed by atoms with Crippen molar-refractivity contribution in [1.82, 2.24) is 20.2 Å². The zero-order chi connectivity index (χ0) is 13.5. The molecule has 0 aliphatic heterocycles. The van der Waals surface area contributed by atoms with Gasteiger partial charge >= 0.3 is 5.97 Å². The Hall–Kier alpha value is -2.36. The van der Waals surface area contributed by atoms with Crippen molar-refractivity contribution in [2.45, 2.75) is 5.16 Å². The van der Waals surface area contributed by atoms with Gasteiger partial charge in [0, 0.05) is 12.5 Å². The fourth-order valence-electron chi connectivity index (χ4n) is 1.23. The van der Waals surface area contributed by atoms with Crippen LogP contribution in [0.5, 0.6) is 0 Å². The maximum atomic E-state index is 11.6. The molecular formula is C8H6N4O5S. The number of fused-ring (bicyclic) bond motifs is 1. The Bertz CT molecular complexity index is 810. The van der Waals surface area contributed by atoms with Crippen LogP contribution in [0.1, 0.15) is 10.5 Å². The van der Waals surface area contributed by atoms with Gasteiger partial charge in [-0.05, 0) is 0 Å². The lowest BCUT2D eigenvalue weighted by atomic mass is 10.3. The smallest absolute Gasteiger partial charge is 0.360 e. The number of carboxylic acids is 1. The molecule has 0 atom stereocenters. The molecule has 0 aromatic carbocycles. The van der Waals surface area contributed by atoms with Crippen molar-refractivity contribution in [3.05, 3.63) is 22.1 Å². The monoisotopic (exact) mass is 270 g/mol. The summed E-state index contributed by atoms with van der Waals surface area (Å²) in [5, 5.41) is 13.6. The molecule has 0 saturated carbocycles. The molecule has 0 bridgehead atoms. The van der Waals surface area contributed by atoms with Crippen LogP contribution >= 0.6 is 0 Å². The first-order valence-electron chi connectivity index (χ1n) is 4.49. The summed E-state index contributed by atoms with van der Waals surface area (Å²) in [6, 6.07) is 0. The molecule has 10 heteroatoms. The summed E-state index contributed by atoms with van der Waals surface area (Å²) >= 11 is 0. The molecule has 0 aliphatic carbocycles. The van der Waals surface area contributed by atoms with Crippen LogP contribution in [0.15, 0.2) is 16.1 Å². The first-order valence-corrected chi connectivity index (χ1v) is 6.38. The third-order valence-electron chi connectivity index (χ3n) is 2.03. The Kier molecular flexibility index (Phi) is 2.58. The highest BCUT2D eigenvalue weighted by Gasteiger charge is 2.17. The number of carboxylic acid groups (broad SMARTS) is 1. The lowest BCUT2D eigenvalue weighted by Gasteiger charge is -2.00. The van der Waals surface area contributed by atoms with E-state index < -0.39 is 32.1 Å². The number of aromatic carboxylic acids is 1. The highest BCUT2D eigenvalue weighted by molar-refractivity contribution is 7.90. The van der Waals surface area contributed by atoms with Gasteiger partial charge < -0.3 is 5.11 Å². The number of carbonyl (C=O) groups is 1. The number of aromatic amines is 1. The van der Waals surface area contributed by atoms with Crippen molar-refractivity contribution in [2.75, 3.05) is 6.26 Å². The molecule has 2 rings (SSSR count). The van der Waals surface area contributed by atoms with Gasteiger partial charge in [-0.15, -0.1) is 0 Å². The number of sulfone groups is 1. The number of aromatic nitrogens is 4. The zero-order valence-corrected chi connectivity index (χ0v) is 9.72. The van der Waals surface area contributed by atoms with Crippen LogP contribution in [0.25, 0.3) is 11.0 Å². The second-order valence-corrected chi connectivity index (χ2v) is 5.30. The van der Waals surface area contributed by atoms with Gasteiger partial charge in [0.25, 0.3) is 0 Å². The van der Waals surface area contributed by atoms with E-state index in [9.17, 15) is 18.0 Å². The second kappa shape index (κ2) is 3.84. The first-order chi connectivity index (χ1) is 8.30. The van der Waals surface area contributed by atoms with Gasteiger partial charge in [0.05, 0.1) is 5.39 Å². The predicted octanol–water partition coefficient (Wildman–Crippen LogP) is -1.19. The molecular weight excluding hydrogens is 264 g/mol. The summed E-state index contributed by atoms with van der Waals surface area (Å²) in [7, 11) is -3.62. The van der Waals surface area contributed by atoms with Crippen molar-refractivity contribution in [3.8, 4) is 0 Å². The van der Waals surface area contributed by atoms with Crippen molar-refractivity contribution >= 4 is 26.8 Å². The molecule has 2 aromatic heterocycles. The Morgan fingerprint density at radius 2 is 2.11 bits per heavy atom. The Morgan fingerprint density at radius 3 is 2.67 bits per heavy atom. The van der Waals surface area contributed by atoms with Crippen LogP contribution < -0.4 is 5.43 Å². The van der Waals surface area contributed by atoms with Crippen LogP contribution in [0.4, 0.5) is 0 Å². The van der Waals surface area contributed by atoms with Crippen LogP contribution in [-0.4, -0.2) is 45.9 Å². The summed E-state index contributed by atoms with van der Waals surface area (Å²) in [4.78, 5) is 29.4. The van der Waals surface area contributed by atoms with Crippen LogP contribution in [-0.2, 0) is 9.84 Å². The molecule has 0 saturated heterocycles. The number of H-pyrrole nitrogens is 1. The van der Waals surface area contributed by atoms with Crippen LogP contribution in [0, 0.1) is 0 Å². The molecule has 2 N–H and O–H groups in total. The Balaban J connectivity index is 2.81. The number of nitrogens with one attached hydrogen (secondary N) is 1. The average molecular weight is 270 g/mol. The van der Waals surface area contributed by atoms with E-state index >= 15 is 0 Å². The van der Waals surface area contributed by atoms with Gasteiger partial charge in [-0.1, -0.05) is 0 Å². The van der Waals surface area contributed by atoms with E-state index in [1.165, 1.54) is 0 Å². The summed E-state index contributed by atoms with van der Waals surface area (Å²) in [5.74, 6) is -1.50. The second-order valence-electron chi connectivity index (χ2n) is 3.39. The first kappa shape index (κ1) is 12.1. The standard InChI is InChI=1S/C8H6N4O5S/c1-18(16,17)8-9-2-3-5(13)4(7(14)15)11-12-6(3)10-8/h2H,1H3,(H,14,15)(H,9,10,12,13). The quantitative estimate of drug-likeness (QED) is 0.648. The molecule has 0 amide bonds. The molecule has 2 heterocycles. The maximum absolute atomic E-state index is 11.6. The average Bonchev–Trinajstić information content (AvgIpc) is 2.27. The normalized spacial score (nSPS) is 11.6. The van der Waals surface area contributed by atoms with Gasteiger partial charge in [0.15, 0.2) is 5.65 Å². The lowest BCUT2D eigenvalue weighted by Crippen LogP contribution is -2.19. The molecule has 0 fully saturated rings. The fourth-order valence-corrected chi connectivity index (χ4v) is 1.73. The minimum atomic E-state index is -3.62. The molecule has 18 heavy (non-hydrogen) atoms. The van der Waals surface area contributed by atoms with Gasteiger partial charge in [0.2, 0.25) is 26.1 Å². The topological polar surface area (TPSA) is 143 Å². The van der Waals surface area contributed by atoms with E-state index in [0.29, 0.717) is 0 Å². The lowest BCUT2D eigenvalue weighted by molar-refractivity contribution is 0.0688. The van der Waals surface area contributed by atoms with E-state index in [4.69, 9.17) is 5.11 Å². The summed E-state index contributed by atoms with van der Waals surface area (Å²) in [6.07, 6.45) is 1.86. The minimum Gasteiger partial charge on any atom is -0.476 e. The molecule has 9 nitrogen and oxygen atoms in total. The van der Waals surface area contributed by atoms with Crippen molar-refractivity contribution in [3.63, 3.8) is 0 Å². The van der Waals surface area contributed by atoms with Crippen LogP contribution in [0.3, 0.4) is 0 Å². The summed E-state index contributed by atoms with van der Waals surface area (Å²) < 4.78 is 22.4. The van der Waals surface area contributed by atoms with E-state index in [-0.39, 0.29) is 11.0 Å². The molecule has 0 radical (unpaired) electrons. The maximum Gasteiger partial charge on any atom is 0.360 e. The fraction of sp³-hybridized carbons (Fsp3) is 0.125. The number of hydrogen-bond donors (Lipinski definition) is 2.